The van der Waals surface area contributed by atoms with Gasteiger partial charge in [0.15, 0.2) is 0 Å². The summed E-state index contributed by atoms with van der Waals surface area (Å²) in [5.74, 6) is 0.0667. The monoisotopic (exact) mass is 290 g/mol. The predicted molar refractivity (Wildman–Crippen MR) is 77.3 cm³/mol. The van der Waals surface area contributed by atoms with Crippen LogP contribution in [0.3, 0.4) is 0 Å². The van der Waals surface area contributed by atoms with Gasteiger partial charge in [0, 0.05) is 5.69 Å². The minimum atomic E-state index is -3.38. The molecule has 0 aliphatic heterocycles. The van der Waals surface area contributed by atoms with Crippen molar-refractivity contribution in [1.82, 2.24) is 0 Å². The molecule has 1 aromatic rings. The minimum absolute atomic E-state index is 0.0281. The van der Waals surface area contributed by atoms with E-state index in [1.165, 1.54) is 6.07 Å². The molecule has 0 saturated heterocycles. The maximum Gasteiger partial charge on any atom is 0.232 e. The lowest BCUT2D eigenvalue weighted by molar-refractivity contribution is 0.397. The zero-order chi connectivity index (χ0) is 14.0. The minimum Gasteiger partial charge on any atom is -0.399 e. The van der Waals surface area contributed by atoms with Crippen molar-refractivity contribution >= 4 is 33.0 Å². The summed E-state index contributed by atoms with van der Waals surface area (Å²) in [4.78, 5) is 0. The Kier molecular flexibility index (Phi) is 4.50. The average molecular weight is 291 g/mol. The van der Waals surface area contributed by atoms with Gasteiger partial charge in [0.05, 0.1) is 16.5 Å². The van der Waals surface area contributed by atoms with E-state index in [4.69, 9.17) is 17.3 Å². The van der Waals surface area contributed by atoms with Gasteiger partial charge in [-0.15, -0.1) is 0 Å². The summed E-state index contributed by atoms with van der Waals surface area (Å²) in [7, 11) is -3.38. The highest BCUT2D eigenvalue weighted by atomic mass is 35.5. The van der Waals surface area contributed by atoms with Crippen molar-refractivity contribution in [2.45, 2.75) is 27.2 Å². The van der Waals surface area contributed by atoms with Crippen LogP contribution < -0.4 is 10.5 Å². The molecule has 1 rings (SSSR count). The number of rotatable bonds is 4. The molecular formula is C12H19ClN2O2S. The number of nitrogen functional groups attached to an aromatic ring is 1. The Morgan fingerprint density at radius 2 is 1.94 bits per heavy atom. The summed E-state index contributed by atoms with van der Waals surface area (Å²) in [6, 6.07) is 4.68. The molecule has 102 valence electrons. The molecule has 18 heavy (non-hydrogen) atoms. The van der Waals surface area contributed by atoms with Crippen LogP contribution in [0, 0.1) is 5.41 Å². The Morgan fingerprint density at radius 3 is 2.44 bits per heavy atom. The van der Waals surface area contributed by atoms with E-state index in [9.17, 15) is 8.42 Å². The zero-order valence-electron chi connectivity index (χ0n) is 10.8. The van der Waals surface area contributed by atoms with E-state index >= 15 is 0 Å². The molecule has 0 fully saturated rings. The maximum atomic E-state index is 11.9. The van der Waals surface area contributed by atoms with E-state index in [0.717, 1.165) is 0 Å². The van der Waals surface area contributed by atoms with Crippen LogP contribution in [0.1, 0.15) is 27.2 Å². The first-order chi connectivity index (χ1) is 8.09. The van der Waals surface area contributed by atoms with Gasteiger partial charge in [-0.05, 0) is 30.0 Å². The summed E-state index contributed by atoms with van der Waals surface area (Å²) in [5.41, 5.74) is 6.38. The van der Waals surface area contributed by atoms with Crippen molar-refractivity contribution in [2.24, 2.45) is 5.41 Å². The van der Waals surface area contributed by atoms with Crippen LogP contribution in [0.4, 0.5) is 11.4 Å². The van der Waals surface area contributed by atoms with Gasteiger partial charge < -0.3 is 5.73 Å². The molecule has 0 heterocycles. The summed E-state index contributed by atoms with van der Waals surface area (Å²) in [6.07, 6.45) is 0.578. The van der Waals surface area contributed by atoms with E-state index in [-0.39, 0.29) is 11.2 Å². The quantitative estimate of drug-likeness (QED) is 0.837. The topological polar surface area (TPSA) is 72.2 Å². The molecular weight excluding hydrogens is 272 g/mol. The SMILES string of the molecule is CC(C)(C)CCS(=O)(=O)Nc1ccc(N)cc1Cl. The van der Waals surface area contributed by atoms with Gasteiger partial charge in [-0.1, -0.05) is 32.4 Å². The lowest BCUT2D eigenvalue weighted by Gasteiger charge is -2.18. The molecule has 4 nitrogen and oxygen atoms in total. The molecule has 1 aromatic carbocycles. The summed E-state index contributed by atoms with van der Waals surface area (Å²) in [6.45, 7) is 6.00. The molecule has 0 spiro atoms. The van der Waals surface area contributed by atoms with Crippen LogP contribution in [0.25, 0.3) is 0 Å². The van der Waals surface area contributed by atoms with Gasteiger partial charge in [0.25, 0.3) is 0 Å². The van der Waals surface area contributed by atoms with Crippen molar-refractivity contribution in [1.29, 1.82) is 0 Å². The van der Waals surface area contributed by atoms with E-state index in [1.54, 1.807) is 12.1 Å². The average Bonchev–Trinajstić information content (AvgIpc) is 2.19. The van der Waals surface area contributed by atoms with Gasteiger partial charge in [-0.3, -0.25) is 4.72 Å². The maximum absolute atomic E-state index is 11.9. The van der Waals surface area contributed by atoms with Crippen LogP contribution in [0.2, 0.25) is 5.02 Å². The van der Waals surface area contributed by atoms with Crippen LogP contribution in [-0.4, -0.2) is 14.2 Å². The largest absolute Gasteiger partial charge is 0.399 e. The second-order valence-electron chi connectivity index (χ2n) is 5.47. The first kappa shape index (κ1) is 15.1. The van der Waals surface area contributed by atoms with E-state index in [2.05, 4.69) is 4.72 Å². The molecule has 0 amide bonds. The number of hydrogen-bond donors (Lipinski definition) is 2. The highest BCUT2D eigenvalue weighted by molar-refractivity contribution is 7.92. The zero-order valence-corrected chi connectivity index (χ0v) is 12.4. The highest BCUT2D eigenvalue weighted by Crippen LogP contribution is 2.26. The number of halogens is 1. The normalized spacial score (nSPS) is 12.4. The van der Waals surface area contributed by atoms with Crippen LogP contribution >= 0.6 is 11.6 Å². The predicted octanol–water partition coefficient (Wildman–Crippen LogP) is 3.10. The van der Waals surface area contributed by atoms with Crippen LogP contribution in [0.15, 0.2) is 18.2 Å². The Bertz CT molecular complexity index is 521. The fourth-order valence-corrected chi connectivity index (χ4v) is 3.06. The second kappa shape index (κ2) is 5.36. The summed E-state index contributed by atoms with van der Waals surface area (Å²) >= 11 is 5.92. The number of benzene rings is 1. The number of sulfonamides is 1. The summed E-state index contributed by atoms with van der Waals surface area (Å²) < 4.78 is 26.2. The van der Waals surface area contributed by atoms with Gasteiger partial charge in [0.2, 0.25) is 10.0 Å². The second-order valence-corrected chi connectivity index (χ2v) is 7.72. The van der Waals surface area contributed by atoms with E-state index < -0.39 is 10.0 Å². The molecule has 0 aliphatic carbocycles. The van der Waals surface area contributed by atoms with Crippen molar-refractivity contribution in [3.63, 3.8) is 0 Å². The van der Waals surface area contributed by atoms with Crippen molar-refractivity contribution in [3.8, 4) is 0 Å². The lowest BCUT2D eigenvalue weighted by Crippen LogP contribution is -2.21. The first-order valence-corrected chi connectivity index (χ1v) is 7.68. The molecule has 0 bridgehead atoms. The Morgan fingerprint density at radius 1 is 1.33 bits per heavy atom. The molecule has 0 radical (unpaired) electrons. The van der Waals surface area contributed by atoms with Gasteiger partial charge in [0.1, 0.15) is 0 Å². The Hall–Kier alpha value is -0.940. The Labute approximate surface area is 114 Å². The smallest absolute Gasteiger partial charge is 0.232 e. The van der Waals surface area contributed by atoms with Gasteiger partial charge in [-0.25, -0.2) is 8.42 Å². The third-order valence-electron chi connectivity index (χ3n) is 2.38. The molecule has 0 aliphatic rings. The Balaban J connectivity index is 2.77. The van der Waals surface area contributed by atoms with Crippen molar-refractivity contribution < 1.29 is 8.42 Å². The summed E-state index contributed by atoms with van der Waals surface area (Å²) in [5, 5.41) is 0.300. The van der Waals surface area contributed by atoms with E-state index in [1.807, 2.05) is 20.8 Å². The number of anilines is 2. The molecule has 0 atom stereocenters. The van der Waals surface area contributed by atoms with Crippen molar-refractivity contribution in [2.75, 3.05) is 16.2 Å². The standard InChI is InChI=1S/C12H19ClN2O2S/c1-12(2,3)6-7-18(16,17)15-11-5-4-9(14)8-10(11)13/h4-5,8,15H,6-7,14H2,1-3H3. The van der Waals surface area contributed by atoms with Gasteiger partial charge >= 0.3 is 0 Å². The third kappa shape index (κ3) is 5.14. The van der Waals surface area contributed by atoms with Gasteiger partial charge in [-0.2, -0.15) is 0 Å². The highest BCUT2D eigenvalue weighted by Gasteiger charge is 2.18. The van der Waals surface area contributed by atoms with Crippen LogP contribution in [-0.2, 0) is 10.0 Å². The molecule has 3 N–H and O–H groups in total. The van der Waals surface area contributed by atoms with Crippen LogP contribution in [0.5, 0.6) is 0 Å². The van der Waals surface area contributed by atoms with E-state index in [0.29, 0.717) is 22.8 Å². The molecule has 0 aromatic heterocycles. The fourth-order valence-electron chi connectivity index (χ4n) is 1.27. The third-order valence-corrected chi connectivity index (χ3v) is 3.96. The molecule has 0 saturated carbocycles. The number of nitrogens with one attached hydrogen (secondary N) is 1. The molecule has 6 heteroatoms. The van der Waals surface area contributed by atoms with Crippen molar-refractivity contribution in [3.05, 3.63) is 23.2 Å². The molecule has 0 unspecified atom stereocenters. The lowest BCUT2D eigenvalue weighted by atomic mass is 9.94. The number of nitrogens with two attached hydrogens (primary N) is 1. The number of hydrogen-bond acceptors (Lipinski definition) is 3. The first-order valence-electron chi connectivity index (χ1n) is 5.65. The fraction of sp³-hybridized carbons (Fsp3) is 0.500.